The highest BCUT2D eigenvalue weighted by Crippen LogP contribution is 2.31. The number of nitrogens with two attached hydrogens (primary N) is 1. The zero-order chi connectivity index (χ0) is 22.0. The molecule has 0 aliphatic carbocycles. The van der Waals surface area contributed by atoms with Gasteiger partial charge in [0.15, 0.2) is 11.6 Å². The minimum absolute atomic E-state index is 0.0282. The van der Waals surface area contributed by atoms with E-state index in [2.05, 4.69) is 17.2 Å². The van der Waals surface area contributed by atoms with Crippen LogP contribution in [-0.2, 0) is 12.8 Å². The van der Waals surface area contributed by atoms with Crippen molar-refractivity contribution in [2.24, 2.45) is 5.73 Å². The zero-order valence-electron chi connectivity index (χ0n) is 17.5. The molecular weight excluding hydrogens is 400 g/mol. The van der Waals surface area contributed by atoms with Crippen LogP contribution in [0, 0.1) is 11.6 Å². The Labute approximate surface area is 180 Å². The summed E-state index contributed by atoms with van der Waals surface area (Å²) in [5, 5.41) is 4.52. The van der Waals surface area contributed by atoms with E-state index in [1.807, 2.05) is 6.20 Å². The minimum Gasteiger partial charge on any atom is -0.489 e. The molecule has 0 saturated heterocycles. The van der Waals surface area contributed by atoms with Gasteiger partial charge in [-0.3, -0.25) is 4.79 Å². The highest BCUT2D eigenvalue weighted by atomic mass is 19.1. The van der Waals surface area contributed by atoms with Gasteiger partial charge in [0.2, 0.25) is 5.91 Å². The topological polar surface area (TPSA) is 80.1 Å². The number of nitrogens with one attached hydrogen (secondary N) is 2. The van der Waals surface area contributed by atoms with Gasteiger partial charge in [0.25, 0.3) is 0 Å². The fourth-order valence-electron chi connectivity index (χ4n) is 4.42. The van der Waals surface area contributed by atoms with Gasteiger partial charge in [-0.1, -0.05) is 6.92 Å². The lowest BCUT2D eigenvalue weighted by molar-refractivity contribution is 0.0997. The summed E-state index contributed by atoms with van der Waals surface area (Å²) in [7, 11) is 0. The third kappa shape index (κ3) is 4.56. The molecule has 0 radical (unpaired) electrons. The summed E-state index contributed by atoms with van der Waals surface area (Å²) >= 11 is 0. The summed E-state index contributed by atoms with van der Waals surface area (Å²) in [6.07, 6.45) is 6.10. The first-order valence-corrected chi connectivity index (χ1v) is 10.7. The number of aryl methyl sites for hydroxylation is 1. The monoisotopic (exact) mass is 427 g/mol. The van der Waals surface area contributed by atoms with Crippen LogP contribution in [0.1, 0.15) is 47.7 Å². The van der Waals surface area contributed by atoms with Crippen molar-refractivity contribution in [1.29, 1.82) is 0 Å². The van der Waals surface area contributed by atoms with E-state index < -0.39 is 11.7 Å². The third-order valence-corrected chi connectivity index (χ3v) is 6.05. The number of aromatic nitrogens is 1. The quantitative estimate of drug-likeness (QED) is 0.503. The summed E-state index contributed by atoms with van der Waals surface area (Å²) < 4.78 is 33.3. The summed E-state index contributed by atoms with van der Waals surface area (Å²) in [5.41, 5.74) is 8.35. The first-order valence-electron chi connectivity index (χ1n) is 10.7. The van der Waals surface area contributed by atoms with Crippen LogP contribution in [0.2, 0.25) is 0 Å². The molecule has 2 atom stereocenters. The van der Waals surface area contributed by atoms with Crippen molar-refractivity contribution in [2.75, 3.05) is 6.61 Å². The van der Waals surface area contributed by atoms with Crippen LogP contribution in [0.3, 0.4) is 0 Å². The van der Waals surface area contributed by atoms with Crippen molar-refractivity contribution in [3.05, 3.63) is 64.9 Å². The molecule has 2 aromatic carbocycles. The van der Waals surface area contributed by atoms with E-state index in [0.717, 1.165) is 42.1 Å². The Balaban J connectivity index is 1.37. The van der Waals surface area contributed by atoms with Crippen molar-refractivity contribution < 1.29 is 18.3 Å². The molecule has 0 spiro atoms. The molecule has 164 valence electrons. The maximum Gasteiger partial charge on any atom is 0.249 e. The van der Waals surface area contributed by atoms with Crippen molar-refractivity contribution in [3.63, 3.8) is 0 Å². The molecule has 1 aromatic heterocycles. The number of amides is 1. The van der Waals surface area contributed by atoms with E-state index in [4.69, 9.17) is 10.5 Å². The van der Waals surface area contributed by atoms with Gasteiger partial charge in [-0.2, -0.15) is 0 Å². The predicted octanol–water partition coefficient (Wildman–Crippen LogP) is 4.24. The van der Waals surface area contributed by atoms with Crippen molar-refractivity contribution in [1.82, 2.24) is 10.3 Å². The number of rotatable bonds is 8. The number of aromatic amines is 1. The van der Waals surface area contributed by atoms with Gasteiger partial charge in [-0.15, -0.1) is 0 Å². The second-order valence-corrected chi connectivity index (χ2v) is 8.15. The zero-order valence-corrected chi connectivity index (χ0v) is 17.5. The Morgan fingerprint density at radius 1 is 1.32 bits per heavy atom. The maximum atomic E-state index is 14.1. The number of hydrogen-bond donors (Lipinski definition) is 3. The lowest BCUT2D eigenvalue weighted by atomic mass is 9.95. The van der Waals surface area contributed by atoms with Crippen LogP contribution in [0.4, 0.5) is 8.78 Å². The normalized spacial score (nSPS) is 16.7. The van der Waals surface area contributed by atoms with E-state index in [9.17, 15) is 13.6 Å². The molecule has 2 heterocycles. The first-order chi connectivity index (χ1) is 15.0. The molecule has 2 unspecified atom stereocenters. The van der Waals surface area contributed by atoms with E-state index in [1.165, 1.54) is 18.2 Å². The Kier molecular flexibility index (Phi) is 6.23. The molecule has 3 aromatic rings. The Bertz CT molecular complexity index is 1100. The van der Waals surface area contributed by atoms with E-state index >= 15 is 0 Å². The molecule has 1 aliphatic rings. The van der Waals surface area contributed by atoms with Gasteiger partial charge in [-0.25, -0.2) is 8.78 Å². The number of carbonyl (C=O) groups excluding carboxylic acids is 1. The average molecular weight is 427 g/mol. The lowest BCUT2D eigenvalue weighted by Gasteiger charge is -2.30. The second-order valence-electron chi connectivity index (χ2n) is 8.15. The van der Waals surface area contributed by atoms with E-state index in [-0.39, 0.29) is 23.7 Å². The molecule has 0 bridgehead atoms. The van der Waals surface area contributed by atoms with Gasteiger partial charge < -0.3 is 20.8 Å². The van der Waals surface area contributed by atoms with Crippen molar-refractivity contribution >= 4 is 16.8 Å². The smallest absolute Gasteiger partial charge is 0.249 e. The maximum absolute atomic E-state index is 14.1. The Morgan fingerprint density at radius 2 is 2.16 bits per heavy atom. The highest BCUT2D eigenvalue weighted by molar-refractivity contribution is 5.95. The molecule has 0 saturated carbocycles. The number of primary amides is 1. The fraction of sp³-hybridized carbons (Fsp3) is 0.375. The fourth-order valence-corrected chi connectivity index (χ4v) is 4.42. The average Bonchev–Trinajstić information content (AvgIpc) is 3.15. The molecule has 5 nitrogen and oxygen atoms in total. The number of ether oxygens (including phenoxy) is 1. The molecule has 1 amide bonds. The standard InChI is InChI=1S/C24H27F2N3O2/c1-2-16(5-3-4-14-12-28-22-9-6-15(25)10-19(14)22)29-17-11-20-18(24(27)30)7-8-21(26)23(20)31-13-17/h6-10,12,16-17,28-29H,2-5,11,13H2,1H3,(H2,27,30). The number of benzene rings is 2. The van der Waals surface area contributed by atoms with Gasteiger partial charge in [0.05, 0.1) is 0 Å². The number of hydrogen-bond acceptors (Lipinski definition) is 3. The first kappa shape index (κ1) is 21.3. The van der Waals surface area contributed by atoms with Crippen molar-refractivity contribution in [3.8, 4) is 5.75 Å². The highest BCUT2D eigenvalue weighted by Gasteiger charge is 2.27. The molecule has 4 N–H and O–H groups in total. The molecule has 31 heavy (non-hydrogen) atoms. The second kappa shape index (κ2) is 9.06. The molecule has 4 rings (SSSR count). The summed E-state index contributed by atoms with van der Waals surface area (Å²) in [4.78, 5) is 14.9. The molecule has 7 heteroatoms. The van der Waals surface area contributed by atoms with Crippen molar-refractivity contribution in [2.45, 2.75) is 51.1 Å². The Morgan fingerprint density at radius 3 is 2.94 bits per heavy atom. The SMILES string of the molecule is CCC(CCCc1c[nH]c2ccc(F)cc12)NC1COc2c(F)ccc(C(N)=O)c2C1. The number of carbonyl (C=O) groups is 1. The summed E-state index contributed by atoms with van der Waals surface area (Å²) in [6.45, 7) is 2.45. The van der Waals surface area contributed by atoms with Crippen LogP contribution < -0.4 is 15.8 Å². The number of fused-ring (bicyclic) bond motifs is 2. The van der Waals surface area contributed by atoms with Gasteiger partial charge >= 0.3 is 0 Å². The largest absolute Gasteiger partial charge is 0.489 e. The predicted molar refractivity (Wildman–Crippen MR) is 116 cm³/mol. The van der Waals surface area contributed by atoms with Gasteiger partial charge in [0, 0.05) is 40.3 Å². The van der Waals surface area contributed by atoms with Crippen LogP contribution in [-0.4, -0.2) is 29.6 Å². The number of H-pyrrole nitrogens is 1. The van der Waals surface area contributed by atoms with E-state index in [0.29, 0.717) is 24.2 Å². The van der Waals surface area contributed by atoms with Gasteiger partial charge in [-0.05, 0) is 68.0 Å². The molecular formula is C24H27F2N3O2. The van der Waals surface area contributed by atoms with Gasteiger partial charge in [0.1, 0.15) is 12.4 Å². The van der Waals surface area contributed by atoms with Crippen LogP contribution in [0.5, 0.6) is 5.75 Å². The number of halogens is 2. The third-order valence-electron chi connectivity index (χ3n) is 6.05. The van der Waals surface area contributed by atoms with Crippen LogP contribution in [0.15, 0.2) is 36.5 Å². The summed E-state index contributed by atoms with van der Waals surface area (Å²) in [6, 6.07) is 7.65. The van der Waals surface area contributed by atoms with E-state index in [1.54, 1.807) is 12.1 Å². The van der Waals surface area contributed by atoms with Crippen LogP contribution >= 0.6 is 0 Å². The lowest BCUT2D eigenvalue weighted by Crippen LogP contribution is -2.45. The summed E-state index contributed by atoms with van der Waals surface area (Å²) in [5.74, 6) is -1.15. The minimum atomic E-state index is -0.581. The molecule has 0 fully saturated rings. The Hall–Kier alpha value is -2.93. The van der Waals surface area contributed by atoms with Crippen LogP contribution in [0.25, 0.3) is 10.9 Å². The molecule has 1 aliphatic heterocycles.